The highest BCUT2D eigenvalue weighted by molar-refractivity contribution is 5.95. The van der Waals surface area contributed by atoms with E-state index in [9.17, 15) is 9.90 Å². The van der Waals surface area contributed by atoms with E-state index in [1.165, 1.54) is 0 Å². The Kier molecular flexibility index (Phi) is 3.84. The molecule has 1 aliphatic heterocycles. The van der Waals surface area contributed by atoms with Gasteiger partial charge in [0.1, 0.15) is 0 Å². The van der Waals surface area contributed by atoms with Gasteiger partial charge >= 0.3 is 5.97 Å². The number of hydrogen-bond donors (Lipinski definition) is 2. The Morgan fingerprint density at radius 3 is 2.61 bits per heavy atom. The van der Waals surface area contributed by atoms with Crippen LogP contribution >= 0.6 is 0 Å². The molecule has 5 nitrogen and oxygen atoms in total. The van der Waals surface area contributed by atoms with E-state index in [0.717, 1.165) is 31.7 Å². The highest BCUT2D eigenvalue weighted by Gasteiger charge is 2.18. The molecule has 5 heteroatoms. The zero-order valence-electron chi connectivity index (χ0n) is 10.6. The van der Waals surface area contributed by atoms with Crippen molar-refractivity contribution >= 4 is 11.7 Å². The van der Waals surface area contributed by atoms with Crippen molar-refractivity contribution in [1.82, 2.24) is 9.80 Å². The third-order valence-corrected chi connectivity index (χ3v) is 3.39. The van der Waals surface area contributed by atoms with Gasteiger partial charge in [-0.05, 0) is 18.7 Å². The van der Waals surface area contributed by atoms with E-state index < -0.39 is 5.97 Å². The molecule has 1 heterocycles. The summed E-state index contributed by atoms with van der Waals surface area (Å²) in [4.78, 5) is 15.8. The molecule has 0 aromatic heterocycles. The lowest BCUT2D eigenvalue weighted by Gasteiger charge is -2.32. The van der Waals surface area contributed by atoms with Crippen molar-refractivity contribution in [3.05, 3.63) is 29.3 Å². The zero-order chi connectivity index (χ0) is 13.1. The van der Waals surface area contributed by atoms with Crippen molar-refractivity contribution in [1.29, 1.82) is 0 Å². The predicted octanol–water partition coefficient (Wildman–Crippen LogP) is 0.714. The molecule has 0 aliphatic carbocycles. The fourth-order valence-corrected chi connectivity index (χ4v) is 2.26. The quantitative estimate of drug-likeness (QED) is 0.772. The molecule has 0 spiro atoms. The van der Waals surface area contributed by atoms with Crippen LogP contribution in [0.25, 0.3) is 0 Å². The Labute approximate surface area is 107 Å². The number of carbonyl (C=O) groups is 1. The molecule has 1 aromatic rings. The summed E-state index contributed by atoms with van der Waals surface area (Å²) in [6.07, 6.45) is 0. The average molecular weight is 249 g/mol. The van der Waals surface area contributed by atoms with Crippen LogP contribution in [0.2, 0.25) is 0 Å². The van der Waals surface area contributed by atoms with Crippen LogP contribution in [-0.4, -0.2) is 54.1 Å². The molecule has 18 heavy (non-hydrogen) atoms. The van der Waals surface area contributed by atoms with Gasteiger partial charge < -0.3 is 15.7 Å². The largest absolute Gasteiger partial charge is 0.478 e. The van der Waals surface area contributed by atoms with Crippen molar-refractivity contribution < 1.29 is 9.90 Å². The Hall–Kier alpha value is -1.59. The van der Waals surface area contributed by atoms with E-state index in [1.54, 1.807) is 6.07 Å². The third kappa shape index (κ3) is 2.80. The Morgan fingerprint density at radius 1 is 1.33 bits per heavy atom. The van der Waals surface area contributed by atoms with E-state index in [0.29, 0.717) is 12.2 Å². The summed E-state index contributed by atoms with van der Waals surface area (Å²) in [5, 5.41) is 9.21. The van der Waals surface area contributed by atoms with E-state index in [-0.39, 0.29) is 5.56 Å². The number of rotatable bonds is 3. The SMILES string of the molecule is CN1CCN(Cc2cccc(N)c2C(=O)O)CC1. The summed E-state index contributed by atoms with van der Waals surface area (Å²) >= 11 is 0. The van der Waals surface area contributed by atoms with Gasteiger partial charge in [-0.1, -0.05) is 12.1 Å². The first kappa shape index (κ1) is 12.9. The Balaban J connectivity index is 2.14. The maximum Gasteiger partial charge on any atom is 0.338 e. The first-order valence-corrected chi connectivity index (χ1v) is 6.09. The maximum absolute atomic E-state index is 11.2. The molecule has 0 saturated carbocycles. The minimum Gasteiger partial charge on any atom is -0.478 e. The van der Waals surface area contributed by atoms with Gasteiger partial charge in [-0.15, -0.1) is 0 Å². The molecule has 3 N–H and O–H groups in total. The summed E-state index contributed by atoms with van der Waals surface area (Å²) < 4.78 is 0. The molecular weight excluding hydrogens is 230 g/mol. The highest BCUT2D eigenvalue weighted by Crippen LogP contribution is 2.19. The van der Waals surface area contributed by atoms with E-state index >= 15 is 0 Å². The summed E-state index contributed by atoms with van der Waals surface area (Å²) in [6, 6.07) is 5.29. The van der Waals surface area contributed by atoms with Gasteiger partial charge in [-0.25, -0.2) is 4.79 Å². The number of piperazine rings is 1. The van der Waals surface area contributed by atoms with Crippen molar-refractivity contribution in [2.75, 3.05) is 39.0 Å². The fraction of sp³-hybridized carbons (Fsp3) is 0.462. The zero-order valence-corrected chi connectivity index (χ0v) is 10.6. The molecule has 1 aromatic carbocycles. The van der Waals surface area contributed by atoms with Gasteiger partial charge in [0.05, 0.1) is 5.56 Å². The summed E-state index contributed by atoms with van der Waals surface area (Å²) in [6.45, 7) is 4.62. The molecule has 1 fully saturated rings. The van der Waals surface area contributed by atoms with Crippen molar-refractivity contribution in [3.63, 3.8) is 0 Å². The second-order valence-corrected chi connectivity index (χ2v) is 4.77. The van der Waals surface area contributed by atoms with Crippen molar-refractivity contribution in [2.24, 2.45) is 0 Å². The van der Waals surface area contributed by atoms with Gasteiger partial charge in [0.25, 0.3) is 0 Å². The molecular formula is C13H19N3O2. The maximum atomic E-state index is 11.2. The third-order valence-electron chi connectivity index (χ3n) is 3.39. The number of carboxylic acids is 1. The average Bonchev–Trinajstić information content (AvgIpc) is 2.32. The Bertz CT molecular complexity index is 440. The summed E-state index contributed by atoms with van der Waals surface area (Å²) in [5.41, 5.74) is 7.13. The van der Waals surface area contributed by atoms with Gasteiger partial charge in [0.2, 0.25) is 0 Å². The lowest BCUT2D eigenvalue weighted by molar-refractivity contribution is 0.0694. The van der Waals surface area contributed by atoms with E-state index in [1.807, 2.05) is 12.1 Å². The first-order valence-electron chi connectivity index (χ1n) is 6.09. The second-order valence-electron chi connectivity index (χ2n) is 4.77. The van der Waals surface area contributed by atoms with Gasteiger partial charge in [-0.3, -0.25) is 4.90 Å². The van der Waals surface area contributed by atoms with Gasteiger partial charge in [-0.2, -0.15) is 0 Å². The van der Waals surface area contributed by atoms with Crippen molar-refractivity contribution in [2.45, 2.75) is 6.54 Å². The number of nitrogens with zero attached hydrogens (tertiary/aromatic N) is 2. The van der Waals surface area contributed by atoms with Gasteiger partial charge in [0, 0.05) is 38.4 Å². The molecule has 0 amide bonds. The molecule has 0 unspecified atom stereocenters. The Morgan fingerprint density at radius 2 is 2.00 bits per heavy atom. The fourth-order valence-electron chi connectivity index (χ4n) is 2.26. The molecule has 0 radical (unpaired) electrons. The smallest absolute Gasteiger partial charge is 0.338 e. The number of carboxylic acid groups (broad SMARTS) is 1. The normalized spacial score (nSPS) is 17.8. The van der Waals surface area contributed by atoms with Crippen LogP contribution in [0.1, 0.15) is 15.9 Å². The molecule has 98 valence electrons. The van der Waals surface area contributed by atoms with Crippen LogP contribution in [0.5, 0.6) is 0 Å². The molecule has 0 atom stereocenters. The number of hydrogen-bond acceptors (Lipinski definition) is 4. The molecule has 1 saturated heterocycles. The van der Waals surface area contributed by atoms with Gasteiger partial charge in [0.15, 0.2) is 0 Å². The topological polar surface area (TPSA) is 69.8 Å². The number of benzene rings is 1. The standard InChI is InChI=1S/C13H19N3O2/c1-15-5-7-16(8-6-15)9-10-3-2-4-11(14)12(10)13(17)18/h2-4H,5-9,14H2,1H3,(H,17,18). The number of nitrogens with two attached hydrogens (primary N) is 1. The van der Waals surface area contributed by atoms with E-state index in [2.05, 4.69) is 16.8 Å². The monoisotopic (exact) mass is 249 g/mol. The molecule has 0 bridgehead atoms. The number of likely N-dealkylation sites (N-methyl/N-ethyl adjacent to an activating group) is 1. The number of nitrogen functional groups attached to an aromatic ring is 1. The second kappa shape index (κ2) is 5.37. The lowest BCUT2D eigenvalue weighted by atomic mass is 10.0. The molecule has 2 rings (SSSR count). The highest BCUT2D eigenvalue weighted by atomic mass is 16.4. The van der Waals surface area contributed by atoms with Crippen LogP contribution in [0.3, 0.4) is 0 Å². The minimum atomic E-state index is -0.947. The predicted molar refractivity (Wildman–Crippen MR) is 70.6 cm³/mol. The van der Waals surface area contributed by atoms with Crippen LogP contribution in [0.4, 0.5) is 5.69 Å². The summed E-state index contributed by atoms with van der Waals surface area (Å²) in [7, 11) is 2.10. The van der Waals surface area contributed by atoms with E-state index in [4.69, 9.17) is 5.73 Å². The minimum absolute atomic E-state index is 0.247. The van der Waals surface area contributed by atoms with Crippen molar-refractivity contribution in [3.8, 4) is 0 Å². The summed E-state index contributed by atoms with van der Waals surface area (Å²) in [5.74, 6) is -0.947. The molecule has 1 aliphatic rings. The number of aromatic carboxylic acids is 1. The first-order chi connectivity index (χ1) is 8.58. The lowest BCUT2D eigenvalue weighted by Crippen LogP contribution is -2.44. The van der Waals surface area contributed by atoms with Crippen LogP contribution in [0.15, 0.2) is 18.2 Å². The van der Waals surface area contributed by atoms with Crippen LogP contribution < -0.4 is 5.73 Å². The van der Waals surface area contributed by atoms with Crippen LogP contribution in [0, 0.1) is 0 Å². The number of anilines is 1. The van der Waals surface area contributed by atoms with Crippen LogP contribution in [-0.2, 0) is 6.54 Å².